The molecule has 0 aliphatic carbocycles. The normalized spacial score (nSPS) is 10.5. The number of aryl methyl sites for hydroxylation is 1. The van der Waals surface area contributed by atoms with Crippen molar-refractivity contribution in [2.75, 3.05) is 24.7 Å². The molecule has 0 fully saturated rings. The molecule has 0 saturated carbocycles. The van der Waals surface area contributed by atoms with Crippen molar-refractivity contribution >= 4 is 23.4 Å². The second kappa shape index (κ2) is 5.88. The molecular formula is C13H17N5S. The maximum Gasteiger partial charge on any atom is 0.190 e. The summed E-state index contributed by atoms with van der Waals surface area (Å²) in [5, 5.41) is 0.689. The Kier molecular flexibility index (Phi) is 4.21. The Morgan fingerprint density at radius 3 is 2.68 bits per heavy atom. The first-order valence-corrected chi connectivity index (χ1v) is 6.90. The maximum atomic E-state index is 5.71. The fourth-order valence-corrected chi connectivity index (χ4v) is 2.38. The monoisotopic (exact) mass is 275 g/mol. The lowest BCUT2D eigenvalue weighted by Crippen LogP contribution is -2.11. The van der Waals surface area contributed by atoms with Crippen molar-refractivity contribution < 1.29 is 0 Å². The topological polar surface area (TPSA) is 67.9 Å². The molecule has 0 aromatic carbocycles. The molecule has 0 saturated heterocycles. The number of nitrogens with zero attached hydrogens (tertiary/aromatic N) is 4. The SMILES string of the molecule is Cc1cc(N)nc(SCc2cccc(N(C)C)n2)n1. The highest BCUT2D eigenvalue weighted by Gasteiger charge is 2.04. The third-order valence-electron chi connectivity index (χ3n) is 2.45. The number of rotatable bonds is 4. The van der Waals surface area contributed by atoms with Crippen LogP contribution in [0.3, 0.4) is 0 Å². The van der Waals surface area contributed by atoms with Gasteiger partial charge in [-0.25, -0.2) is 15.0 Å². The first-order chi connectivity index (χ1) is 9.04. The first kappa shape index (κ1) is 13.6. The molecule has 2 aromatic rings. The van der Waals surface area contributed by atoms with E-state index < -0.39 is 0 Å². The van der Waals surface area contributed by atoms with Gasteiger partial charge in [-0.05, 0) is 19.1 Å². The van der Waals surface area contributed by atoms with E-state index in [0.29, 0.717) is 11.0 Å². The summed E-state index contributed by atoms with van der Waals surface area (Å²) in [4.78, 5) is 15.1. The van der Waals surface area contributed by atoms with Crippen molar-refractivity contribution in [2.45, 2.75) is 17.8 Å². The van der Waals surface area contributed by atoms with E-state index in [-0.39, 0.29) is 0 Å². The molecule has 19 heavy (non-hydrogen) atoms. The van der Waals surface area contributed by atoms with E-state index in [2.05, 4.69) is 15.0 Å². The molecule has 5 nitrogen and oxygen atoms in total. The molecule has 0 spiro atoms. The van der Waals surface area contributed by atoms with Gasteiger partial charge in [-0.15, -0.1) is 0 Å². The van der Waals surface area contributed by atoms with Gasteiger partial charge in [-0.2, -0.15) is 0 Å². The summed E-state index contributed by atoms with van der Waals surface area (Å²) in [6.07, 6.45) is 0. The Morgan fingerprint density at radius 2 is 2.00 bits per heavy atom. The van der Waals surface area contributed by atoms with Gasteiger partial charge in [0.2, 0.25) is 0 Å². The van der Waals surface area contributed by atoms with Crippen LogP contribution in [-0.2, 0) is 5.75 Å². The maximum absolute atomic E-state index is 5.71. The Hall–Kier alpha value is -1.82. The van der Waals surface area contributed by atoms with Gasteiger partial charge in [0.05, 0.1) is 5.69 Å². The predicted octanol–water partition coefficient (Wildman–Crippen LogP) is 2.12. The Labute approximate surface area is 117 Å². The minimum absolute atomic E-state index is 0.505. The Balaban J connectivity index is 2.07. The molecule has 0 bridgehead atoms. The number of aromatic nitrogens is 3. The van der Waals surface area contributed by atoms with E-state index in [4.69, 9.17) is 5.73 Å². The summed E-state index contributed by atoms with van der Waals surface area (Å²) in [5.74, 6) is 2.18. The third kappa shape index (κ3) is 3.82. The average Bonchev–Trinajstić information content (AvgIpc) is 2.35. The minimum atomic E-state index is 0.505. The number of hydrogen-bond acceptors (Lipinski definition) is 6. The molecule has 0 radical (unpaired) electrons. The van der Waals surface area contributed by atoms with Crippen LogP contribution in [0.4, 0.5) is 11.6 Å². The van der Waals surface area contributed by atoms with Crippen LogP contribution in [0.25, 0.3) is 0 Å². The van der Waals surface area contributed by atoms with Gasteiger partial charge in [0.25, 0.3) is 0 Å². The van der Waals surface area contributed by atoms with Crippen LogP contribution in [0.5, 0.6) is 0 Å². The zero-order valence-electron chi connectivity index (χ0n) is 11.3. The zero-order valence-corrected chi connectivity index (χ0v) is 12.1. The number of pyridine rings is 1. The number of anilines is 2. The lowest BCUT2D eigenvalue weighted by molar-refractivity contribution is 0.938. The lowest BCUT2D eigenvalue weighted by Gasteiger charge is -2.11. The molecule has 0 unspecified atom stereocenters. The van der Waals surface area contributed by atoms with E-state index >= 15 is 0 Å². The van der Waals surface area contributed by atoms with Crippen molar-refractivity contribution in [3.05, 3.63) is 35.7 Å². The van der Waals surface area contributed by atoms with Gasteiger partial charge in [0.1, 0.15) is 11.6 Å². The molecule has 0 amide bonds. The standard InChI is InChI=1S/C13H17N5S/c1-9-7-11(14)17-13(15-9)19-8-10-5-4-6-12(16-10)18(2)3/h4-7H,8H2,1-3H3,(H2,14,15,17). The number of nitrogen functional groups attached to an aromatic ring is 1. The van der Waals surface area contributed by atoms with E-state index in [0.717, 1.165) is 23.0 Å². The van der Waals surface area contributed by atoms with Crippen molar-refractivity contribution in [3.63, 3.8) is 0 Å². The van der Waals surface area contributed by atoms with Gasteiger partial charge in [-0.1, -0.05) is 17.8 Å². The van der Waals surface area contributed by atoms with Crippen LogP contribution in [-0.4, -0.2) is 29.0 Å². The van der Waals surface area contributed by atoms with Crippen molar-refractivity contribution in [2.24, 2.45) is 0 Å². The zero-order chi connectivity index (χ0) is 13.8. The molecule has 2 heterocycles. The van der Waals surface area contributed by atoms with Crippen molar-refractivity contribution in [1.29, 1.82) is 0 Å². The van der Waals surface area contributed by atoms with Crippen LogP contribution in [0.2, 0.25) is 0 Å². The summed E-state index contributed by atoms with van der Waals surface area (Å²) in [7, 11) is 3.95. The van der Waals surface area contributed by atoms with Gasteiger partial charge in [-0.3, -0.25) is 0 Å². The molecule has 6 heteroatoms. The van der Waals surface area contributed by atoms with Gasteiger partial charge in [0.15, 0.2) is 5.16 Å². The number of hydrogen-bond donors (Lipinski definition) is 1. The molecule has 2 rings (SSSR count). The van der Waals surface area contributed by atoms with E-state index in [9.17, 15) is 0 Å². The first-order valence-electron chi connectivity index (χ1n) is 5.92. The summed E-state index contributed by atoms with van der Waals surface area (Å²) < 4.78 is 0. The molecule has 2 N–H and O–H groups in total. The quantitative estimate of drug-likeness (QED) is 0.681. The van der Waals surface area contributed by atoms with Crippen LogP contribution in [0, 0.1) is 6.92 Å². The lowest BCUT2D eigenvalue weighted by atomic mass is 10.3. The number of nitrogens with two attached hydrogens (primary N) is 1. The van der Waals surface area contributed by atoms with Crippen molar-refractivity contribution in [3.8, 4) is 0 Å². The second-order valence-corrected chi connectivity index (χ2v) is 5.33. The number of thioether (sulfide) groups is 1. The van der Waals surface area contributed by atoms with Crippen LogP contribution >= 0.6 is 11.8 Å². The van der Waals surface area contributed by atoms with E-state index in [1.807, 2.05) is 44.1 Å². The second-order valence-electron chi connectivity index (χ2n) is 4.39. The molecular weight excluding hydrogens is 258 g/mol. The highest BCUT2D eigenvalue weighted by molar-refractivity contribution is 7.98. The van der Waals surface area contributed by atoms with Gasteiger partial charge in [0, 0.05) is 31.6 Å². The fourth-order valence-electron chi connectivity index (χ4n) is 1.56. The fraction of sp³-hybridized carbons (Fsp3) is 0.308. The molecule has 2 aromatic heterocycles. The third-order valence-corrected chi connectivity index (χ3v) is 3.33. The molecule has 0 atom stereocenters. The van der Waals surface area contributed by atoms with Crippen molar-refractivity contribution in [1.82, 2.24) is 15.0 Å². The summed E-state index contributed by atoms with van der Waals surface area (Å²) in [6.45, 7) is 1.91. The summed E-state index contributed by atoms with van der Waals surface area (Å²) in [6, 6.07) is 7.74. The smallest absolute Gasteiger partial charge is 0.190 e. The largest absolute Gasteiger partial charge is 0.384 e. The molecule has 0 aliphatic heterocycles. The van der Waals surface area contributed by atoms with Gasteiger partial charge < -0.3 is 10.6 Å². The molecule has 0 aliphatic rings. The predicted molar refractivity (Wildman–Crippen MR) is 79.3 cm³/mol. The van der Waals surface area contributed by atoms with E-state index in [1.165, 1.54) is 11.8 Å². The Bertz CT molecular complexity index is 550. The van der Waals surface area contributed by atoms with Crippen LogP contribution in [0.15, 0.2) is 29.4 Å². The highest BCUT2D eigenvalue weighted by Crippen LogP contribution is 2.20. The average molecular weight is 275 g/mol. The van der Waals surface area contributed by atoms with Crippen LogP contribution < -0.4 is 10.6 Å². The summed E-state index contributed by atoms with van der Waals surface area (Å²) in [5.41, 5.74) is 7.59. The van der Waals surface area contributed by atoms with Gasteiger partial charge >= 0.3 is 0 Å². The van der Waals surface area contributed by atoms with Crippen LogP contribution in [0.1, 0.15) is 11.4 Å². The Morgan fingerprint density at radius 1 is 1.21 bits per heavy atom. The summed E-state index contributed by atoms with van der Waals surface area (Å²) >= 11 is 1.54. The highest BCUT2D eigenvalue weighted by atomic mass is 32.2. The van der Waals surface area contributed by atoms with E-state index in [1.54, 1.807) is 6.07 Å². The molecule has 100 valence electrons. The minimum Gasteiger partial charge on any atom is -0.384 e.